The highest BCUT2D eigenvalue weighted by Gasteiger charge is 2.44. The molecule has 0 unspecified atom stereocenters. The molecule has 1 N–H and O–H groups in total. The minimum Gasteiger partial charge on any atom is -0.441 e. The molecule has 0 amide bonds. The van der Waals surface area contributed by atoms with Crippen molar-refractivity contribution in [1.82, 2.24) is 9.88 Å². The van der Waals surface area contributed by atoms with E-state index in [9.17, 15) is 5.11 Å². The number of oxazole rings is 1. The Labute approximate surface area is 156 Å². The van der Waals surface area contributed by atoms with Crippen LogP contribution in [-0.4, -0.2) is 28.1 Å². The van der Waals surface area contributed by atoms with E-state index in [2.05, 4.69) is 9.88 Å². The highest BCUT2D eigenvalue weighted by molar-refractivity contribution is 5.30. The fraction of sp³-hybridized carbons (Fsp3) is 0.591. The second-order valence-corrected chi connectivity index (χ2v) is 7.94. The van der Waals surface area contributed by atoms with Gasteiger partial charge >= 0.3 is 0 Å². The Balaban J connectivity index is 1.61. The summed E-state index contributed by atoms with van der Waals surface area (Å²) in [7, 11) is 0. The number of nitrogens with zero attached hydrogens (tertiary/aromatic N) is 2. The number of hydrogen-bond donors (Lipinski definition) is 1. The van der Waals surface area contributed by atoms with Gasteiger partial charge in [0.15, 0.2) is 5.60 Å². The Hall–Kier alpha value is -1.65. The van der Waals surface area contributed by atoms with Crippen LogP contribution in [-0.2, 0) is 12.1 Å². The average Bonchev–Trinajstić information content (AvgIpc) is 3.18. The van der Waals surface area contributed by atoms with Crippen molar-refractivity contribution >= 4 is 0 Å². The van der Waals surface area contributed by atoms with Crippen molar-refractivity contribution in [3.8, 4) is 0 Å². The maximum atomic E-state index is 11.8. The first kappa shape index (κ1) is 17.7. The topological polar surface area (TPSA) is 49.5 Å². The number of likely N-dealkylation sites (tertiary alicyclic amines) is 1. The van der Waals surface area contributed by atoms with Gasteiger partial charge in [0.05, 0.1) is 12.7 Å². The Bertz CT molecular complexity index is 687. The van der Waals surface area contributed by atoms with E-state index < -0.39 is 5.60 Å². The zero-order chi connectivity index (χ0) is 17.8. The zero-order valence-corrected chi connectivity index (χ0v) is 15.6. The molecule has 1 saturated carbocycles. The van der Waals surface area contributed by atoms with Crippen molar-refractivity contribution in [3.63, 3.8) is 0 Å². The molecule has 1 atom stereocenters. The molecule has 1 aromatic carbocycles. The van der Waals surface area contributed by atoms with E-state index in [1.807, 2.05) is 36.5 Å². The average molecular weight is 354 g/mol. The van der Waals surface area contributed by atoms with Gasteiger partial charge in [0.2, 0.25) is 5.89 Å². The van der Waals surface area contributed by atoms with E-state index in [4.69, 9.17) is 4.42 Å². The number of aliphatic hydroxyl groups is 1. The van der Waals surface area contributed by atoms with Crippen LogP contribution in [0.5, 0.6) is 0 Å². The molecule has 0 bridgehead atoms. The van der Waals surface area contributed by atoms with Crippen LogP contribution in [0.1, 0.15) is 68.6 Å². The third kappa shape index (κ3) is 3.58. The highest BCUT2D eigenvalue weighted by Crippen LogP contribution is 2.43. The molecule has 0 radical (unpaired) electrons. The van der Waals surface area contributed by atoms with Crippen molar-refractivity contribution in [2.45, 2.75) is 63.5 Å². The lowest BCUT2D eigenvalue weighted by Crippen LogP contribution is -2.38. The Morgan fingerprint density at radius 2 is 1.69 bits per heavy atom. The minimum absolute atomic E-state index is 0.167. The number of piperidine rings is 1. The van der Waals surface area contributed by atoms with Gasteiger partial charge in [-0.25, -0.2) is 4.98 Å². The van der Waals surface area contributed by atoms with E-state index in [1.165, 1.54) is 38.5 Å². The maximum Gasteiger partial charge on any atom is 0.231 e. The summed E-state index contributed by atoms with van der Waals surface area (Å²) >= 11 is 0. The van der Waals surface area contributed by atoms with Gasteiger partial charge < -0.3 is 9.52 Å². The molecular weight excluding hydrogens is 324 g/mol. The van der Waals surface area contributed by atoms with Crippen LogP contribution < -0.4 is 0 Å². The first-order valence-electron chi connectivity index (χ1n) is 10.2. The van der Waals surface area contributed by atoms with Crippen LogP contribution in [0.2, 0.25) is 0 Å². The molecule has 2 aliphatic rings. The summed E-state index contributed by atoms with van der Waals surface area (Å²) in [6.07, 6.45) is 11.3. The molecule has 2 heterocycles. The van der Waals surface area contributed by atoms with Gasteiger partial charge in [-0.1, -0.05) is 56.0 Å². The smallest absolute Gasteiger partial charge is 0.231 e. The second-order valence-electron chi connectivity index (χ2n) is 7.94. The lowest BCUT2D eigenvalue weighted by molar-refractivity contribution is -0.0244. The number of aromatic nitrogens is 1. The third-order valence-corrected chi connectivity index (χ3v) is 6.12. The quantitative estimate of drug-likeness (QED) is 0.860. The van der Waals surface area contributed by atoms with E-state index >= 15 is 0 Å². The minimum atomic E-state index is -1.12. The van der Waals surface area contributed by atoms with Gasteiger partial charge in [0.1, 0.15) is 5.76 Å². The first-order valence-corrected chi connectivity index (χ1v) is 10.2. The Kier molecular flexibility index (Phi) is 5.41. The van der Waals surface area contributed by atoms with E-state index in [-0.39, 0.29) is 5.92 Å². The van der Waals surface area contributed by atoms with Crippen molar-refractivity contribution in [2.24, 2.45) is 5.92 Å². The number of benzene rings is 1. The summed E-state index contributed by atoms with van der Waals surface area (Å²) in [5, 5.41) is 11.8. The standard InChI is InChI=1S/C22H30N2O2/c25-22(18-10-4-1-5-11-18,19-12-6-2-7-13-19)21-23-16-20(26-21)17-24-14-8-3-9-15-24/h1,4-5,10-11,16,19,25H,2-3,6-9,12-15,17H2/t22-/m1/s1. The van der Waals surface area contributed by atoms with E-state index in [0.717, 1.165) is 43.8 Å². The maximum absolute atomic E-state index is 11.8. The molecule has 26 heavy (non-hydrogen) atoms. The van der Waals surface area contributed by atoms with Crippen LogP contribution in [0.25, 0.3) is 0 Å². The fourth-order valence-electron chi connectivity index (χ4n) is 4.64. The summed E-state index contributed by atoms with van der Waals surface area (Å²) < 4.78 is 6.16. The molecule has 4 heteroatoms. The van der Waals surface area contributed by atoms with Gasteiger partial charge in [-0.2, -0.15) is 0 Å². The van der Waals surface area contributed by atoms with Gasteiger partial charge in [-0.15, -0.1) is 0 Å². The molecule has 140 valence electrons. The molecule has 2 fully saturated rings. The van der Waals surface area contributed by atoms with Crippen LogP contribution in [0.15, 0.2) is 40.9 Å². The first-order chi connectivity index (χ1) is 12.8. The number of hydrogen-bond acceptors (Lipinski definition) is 4. The monoisotopic (exact) mass is 354 g/mol. The van der Waals surface area contributed by atoms with Crippen molar-refractivity contribution in [3.05, 3.63) is 53.7 Å². The van der Waals surface area contributed by atoms with Crippen LogP contribution >= 0.6 is 0 Å². The SMILES string of the molecule is O[C@@](c1ccccc1)(c1ncc(CN2CCCCC2)o1)C1CCCCC1. The van der Waals surface area contributed by atoms with E-state index in [1.54, 1.807) is 0 Å². The normalized spacial score (nSPS) is 22.2. The summed E-state index contributed by atoms with van der Waals surface area (Å²) in [5.74, 6) is 1.51. The molecule has 4 rings (SSSR count). The van der Waals surface area contributed by atoms with E-state index in [0.29, 0.717) is 5.89 Å². The summed E-state index contributed by atoms with van der Waals surface area (Å²) in [6.45, 7) is 3.05. The molecule has 1 aromatic heterocycles. The molecular formula is C22H30N2O2. The molecule has 4 nitrogen and oxygen atoms in total. The Morgan fingerprint density at radius 3 is 2.42 bits per heavy atom. The Morgan fingerprint density at radius 1 is 1.00 bits per heavy atom. The largest absolute Gasteiger partial charge is 0.441 e. The lowest BCUT2D eigenvalue weighted by Gasteiger charge is -2.36. The highest BCUT2D eigenvalue weighted by atomic mass is 16.4. The van der Waals surface area contributed by atoms with Crippen LogP contribution in [0, 0.1) is 5.92 Å². The lowest BCUT2D eigenvalue weighted by atomic mass is 9.73. The van der Waals surface area contributed by atoms with Crippen LogP contribution in [0.3, 0.4) is 0 Å². The van der Waals surface area contributed by atoms with Gasteiger partial charge in [0.25, 0.3) is 0 Å². The predicted octanol–water partition coefficient (Wildman–Crippen LogP) is 4.48. The fourth-order valence-corrected chi connectivity index (χ4v) is 4.64. The van der Waals surface area contributed by atoms with Crippen molar-refractivity contribution in [2.75, 3.05) is 13.1 Å². The summed E-state index contributed by atoms with van der Waals surface area (Å²) in [5.41, 5.74) is -0.222. The second kappa shape index (κ2) is 7.93. The summed E-state index contributed by atoms with van der Waals surface area (Å²) in [6, 6.07) is 9.97. The van der Waals surface area contributed by atoms with Crippen molar-refractivity contribution < 1.29 is 9.52 Å². The van der Waals surface area contributed by atoms with Gasteiger partial charge in [-0.05, 0) is 44.3 Å². The predicted molar refractivity (Wildman–Crippen MR) is 102 cm³/mol. The third-order valence-electron chi connectivity index (χ3n) is 6.12. The van der Waals surface area contributed by atoms with Gasteiger partial charge in [0, 0.05) is 5.92 Å². The summed E-state index contributed by atoms with van der Waals surface area (Å²) in [4.78, 5) is 6.99. The number of rotatable bonds is 5. The van der Waals surface area contributed by atoms with Crippen molar-refractivity contribution in [1.29, 1.82) is 0 Å². The molecule has 0 spiro atoms. The van der Waals surface area contributed by atoms with Gasteiger partial charge in [-0.3, -0.25) is 4.90 Å². The van der Waals surface area contributed by atoms with Crippen LogP contribution in [0.4, 0.5) is 0 Å². The molecule has 1 aliphatic carbocycles. The molecule has 1 aliphatic heterocycles. The molecule has 1 saturated heterocycles. The zero-order valence-electron chi connectivity index (χ0n) is 15.6. The molecule has 2 aromatic rings.